The zero-order valence-electron chi connectivity index (χ0n) is 10.4. The normalized spacial score (nSPS) is 10.9. The molecule has 0 bridgehead atoms. The summed E-state index contributed by atoms with van der Waals surface area (Å²) in [6.45, 7) is 0. The van der Waals surface area contributed by atoms with E-state index in [1.54, 1.807) is 30.4 Å². The standard InChI is InChI=1S/C15H11F2NO2/c16-13-9-8-11(14(17)10-13)5-3-6-12-4-1-2-7-15(12)18(19)20/h1-4,6-10H,5H2/b6-3+. The van der Waals surface area contributed by atoms with Gasteiger partial charge in [-0.1, -0.05) is 30.4 Å². The fraction of sp³-hybridized carbons (Fsp3) is 0.0667. The van der Waals surface area contributed by atoms with Crippen molar-refractivity contribution in [3.05, 3.63) is 81.4 Å². The van der Waals surface area contributed by atoms with Gasteiger partial charge >= 0.3 is 0 Å². The van der Waals surface area contributed by atoms with Crippen molar-refractivity contribution < 1.29 is 13.7 Å². The molecule has 0 aliphatic heterocycles. The molecule has 0 heterocycles. The summed E-state index contributed by atoms with van der Waals surface area (Å²) in [5.74, 6) is -1.26. The van der Waals surface area contributed by atoms with E-state index in [-0.39, 0.29) is 12.1 Å². The van der Waals surface area contributed by atoms with Crippen LogP contribution in [0.2, 0.25) is 0 Å². The molecule has 0 fully saturated rings. The topological polar surface area (TPSA) is 43.1 Å². The van der Waals surface area contributed by atoms with Crippen molar-refractivity contribution >= 4 is 11.8 Å². The summed E-state index contributed by atoms with van der Waals surface area (Å²) in [5.41, 5.74) is 0.768. The summed E-state index contributed by atoms with van der Waals surface area (Å²) in [5, 5.41) is 10.8. The highest BCUT2D eigenvalue weighted by Crippen LogP contribution is 2.19. The third-order valence-corrected chi connectivity index (χ3v) is 2.78. The molecule has 0 radical (unpaired) electrons. The zero-order valence-corrected chi connectivity index (χ0v) is 10.4. The van der Waals surface area contributed by atoms with Crippen LogP contribution in [0.4, 0.5) is 14.5 Å². The molecule has 0 N–H and O–H groups in total. The van der Waals surface area contributed by atoms with Gasteiger partial charge in [0.2, 0.25) is 0 Å². The summed E-state index contributed by atoms with van der Waals surface area (Å²) in [6, 6.07) is 9.62. The summed E-state index contributed by atoms with van der Waals surface area (Å²) in [4.78, 5) is 10.3. The predicted molar refractivity (Wildman–Crippen MR) is 72.2 cm³/mol. The minimum atomic E-state index is -0.631. The molecule has 0 aliphatic rings. The number of nitrogens with zero attached hydrogens (tertiary/aromatic N) is 1. The van der Waals surface area contributed by atoms with Gasteiger partial charge in [-0.3, -0.25) is 10.1 Å². The molecule has 0 amide bonds. The van der Waals surface area contributed by atoms with Crippen molar-refractivity contribution in [3.63, 3.8) is 0 Å². The Morgan fingerprint density at radius 2 is 1.90 bits per heavy atom. The minimum Gasteiger partial charge on any atom is -0.258 e. The van der Waals surface area contributed by atoms with Crippen molar-refractivity contribution in [2.75, 3.05) is 0 Å². The Kier molecular flexibility index (Phi) is 4.20. The van der Waals surface area contributed by atoms with Crippen molar-refractivity contribution in [2.45, 2.75) is 6.42 Å². The quantitative estimate of drug-likeness (QED) is 0.622. The average Bonchev–Trinajstić information content (AvgIpc) is 2.41. The SMILES string of the molecule is O=[N+]([O-])c1ccccc1/C=C/Cc1ccc(F)cc1F. The lowest BCUT2D eigenvalue weighted by Gasteiger charge is -2.00. The number of para-hydroxylation sites is 1. The second-order valence-corrected chi connectivity index (χ2v) is 4.16. The maximum atomic E-state index is 13.4. The van der Waals surface area contributed by atoms with Crippen LogP contribution in [-0.4, -0.2) is 4.92 Å². The second kappa shape index (κ2) is 6.06. The van der Waals surface area contributed by atoms with Gasteiger partial charge in [0, 0.05) is 12.1 Å². The molecular formula is C15H11F2NO2. The third-order valence-electron chi connectivity index (χ3n) is 2.78. The van der Waals surface area contributed by atoms with Crippen LogP contribution in [0.15, 0.2) is 48.5 Å². The molecule has 5 heteroatoms. The number of rotatable bonds is 4. The molecule has 0 spiro atoms. The Morgan fingerprint density at radius 1 is 1.15 bits per heavy atom. The Hall–Kier alpha value is -2.56. The highest BCUT2D eigenvalue weighted by molar-refractivity contribution is 5.60. The van der Waals surface area contributed by atoms with Crippen molar-refractivity contribution in [3.8, 4) is 0 Å². The first-order chi connectivity index (χ1) is 9.58. The van der Waals surface area contributed by atoms with Gasteiger partial charge < -0.3 is 0 Å². The smallest absolute Gasteiger partial charge is 0.258 e. The van der Waals surface area contributed by atoms with Gasteiger partial charge in [-0.05, 0) is 24.1 Å². The molecule has 102 valence electrons. The van der Waals surface area contributed by atoms with Crippen LogP contribution in [0.5, 0.6) is 0 Å². The summed E-state index contributed by atoms with van der Waals surface area (Å²) < 4.78 is 26.1. The van der Waals surface area contributed by atoms with Crippen LogP contribution in [0.3, 0.4) is 0 Å². The van der Waals surface area contributed by atoms with Gasteiger partial charge in [-0.15, -0.1) is 0 Å². The van der Waals surface area contributed by atoms with Gasteiger partial charge in [-0.2, -0.15) is 0 Å². The summed E-state index contributed by atoms with van der Waals surface area (Å²) in [7, 11) is 0. The first-order valence-corrected chi connectivity index (χ1v) is 5.92. The van der Waals surface area contributed by atoms with Gasteiger partial charge in [-0.25, -0.2) is 8.78 Å². The maximum absolute atomic E-state index is 13.4. The molecule has 2 aromatic carbocycles. The molecule has 0 aromatic heterocycles. The van der Waals surface area contributed by atoms with Gasteiger partial charge in [0.15, 0.2) is 0 Å². The van der Waals surface area contributed by atoms with Gasteiger partial charge in [0.05, 0.1) is 10.5 Å². The molecule has 0 saturated heterocycles. The lowest BCUT2D eigenvalue weighted by Crippen LogP contribution is -1.91. The van der Waals surface area contributed by atoms with Crippen molar-refractivity contribution in [2.24, 2.45) is 0 Å². The highest BCUT2D eigenvalue weighted by atomic mass is 19.1. The van der Waals surface area contributed by atoms with Crippen LogP contribution in [0, 0.1) is 21.7 Å². The number of benzene rings is 2. The van der Waals surface area contributed by atoms with Gasteiger partial charge in [0.25, 0.3) is 5.69 Å². The Morgan fingerprint density at radius 3 is 2.60 bits per heavy atom. The van der Waals surface area contributed by atoms with E-state index in [1.165, 1.54) is 18.2 Å². The van der Waals surface area contributed by atoms with E-state index in [1.807, 2.05) is 0 Å². The zero-order chi connectivity index (χ0) is 14.5. The Labute approximate surface area is 114 Å². The molecule has 3 nitrogen and oxygen atoms in total. The number of nitro groups is 1. The van der Waals surface area contributed by atoms with E-state index < -0.39 is 16.6 Å². The summed E-state index contributed by atoms with van der Waals surface area (Å²) >= 11 is 0. The van der Waals surface area contributed by atoms with E-state index in [0.29, 0.717) is 11.1 Å². The maximum Gasteiger partial charge on any atom is 0.276 e. The minimum absolute atomic E-state index is 0.0108. The molecule has 2 aromatic rings. The average molecular weight is 275 g/mol. The summed E-state index contributed by atoms with van der Waals surface area (Å²) in [6.07, 6.45) is 3.40. The molecule has 0 aliphatic carbocycles. The van der Waals surface area contributed by atoms with Crippen LogP contribution < -0.4 is 0 Å². The molecule has 0 unspecified atom stereocenters. The molecular weight excluding hydrogens is 264 g/mol. The second-order valence-electron chi connectivity index (χ2n) is 4.16. The predicted octanol–water partition coefficient (Wildman–Crippen LogP) is 4.13. The highest BCUT2D eigenvalue weighted by Gasteiger charge is 2.09. The lowest BCUT2D eigenvalue weighted by atomic mass is 10.1. The van der Waals surface area contributed by atoms with E-state index in [4.69, 9.17) is 0 Å². The number of hydrogen-bond acceptors (Lipinski definition) is 2. The van der Waals surface area contributed by atoms with Crippen LogP contribution in [0.25, 0.3) is 6.08 Å². The molecule has 0 atom stereocenters. The lowest BCUT2D eigenvalue weighted by molar-refractivity contribution is -0.385. The Balaban J connectivity index is 2.16. The molecule has 2 rings (SSSR count). The van der Waals surface area contributed by atoms with Gasteiger partial charge in [0.1, 0.15) is 11.6 Å². The number of hydrogen-bond donors (Lipinski definition) is 0. The first kappa shape index (κ1) is 13.9. The molecule has 20 heavy (non-hydrogen) atoms. The van der Waals surface area contributed by atoms with E-state index in [0.717, 1.165) is 6.07 Å². The number of nitro benzene ring substituents is 1. The van der Waals surface area contributed by atoms with E-state index in [2.05, 4.69) is 0 Å². The van der Waals surface area contributed by atoms with Crippen LogP contribution in [-0.2, 0) is 6.42 Å². The number of halogens is 2. The van der Waals surface area contributed by atoms with Crippen molar-refractivity contribution in [1.29, 1.82) is 0 Å². The fourth-order valence-corrected chi connectivity index (χ4v) is 1.79. The number of allylic oxidation sites excluding steroid dienone is 1. The monoisotopic (exact) mass is 275 g/mol. The fourth-order valence-electron chi connectivity index (χ4n) is 1.79. The first-order valence-electron chi connectivity index (χ1n) is 5.92. The third kappa shape index (κ3) is 3.26. The van der Waals surface area contributed by atoms with E-state index in [9.17, 15) is 18.9 Å². The molecule has 0 saturated carbocycles. The van der Waals surface area contributed by atoms with E-state index >= 15 is 0 Å². The Bertz CT molecular complexity index is 669. The largest absolute Gasteiger partial charge is 0.276 e. The van der Waals surface area contributed by atoms with Crippen LogP contribution in [0.1, 0.15) is 11.1 Å². The van der Waals surface area contributed by atoms with Crippen molar-refractivity contribution in [1.82, 2.24) is 0 Å². The van der Waals surface area contributed by atoms with Crippen LogP contribution >= 0.6 is 0 Å².